The highest BCUT2D eigenvalue weighted by Crippen LogP contribution is 2.11. The van der Waals surface area contributed by atoms with Crippen LogP contribution < -0.4 is 21.7 Å². The van der Waals surface area contributed by atoms with Crippen molar-refractivity contribution in [3.8, 4) is 5.75 Å². The Hall–Kier alpha value is -3.14. The molecule has 0 radical (unpaired) electrons. The van der Waals surface area contributed by atoms with Crippen LogP contribution in [0.3, 0.4) is 0 Å². The van der Waals surface area contributed by atoms with Crippen molar-refractivity contribution in [2.24, 2.45) is 11.7 Å². The number of aliphatic carboxylic acids is 1. The average Bonchev–Trinajstić information content (AvgIpc) is 2.66. The van der Waals surface area contributed by atoms with Gasteiger partial charge in [0.1, 0.15) is 17.8 Å². The molecule has 10 nitrogen and oxygen atoms in total. The lowest BCUT2D eigenvalue weighted by Crippen LogP contribution is -2.53. The van der Waals surface area contributed by atoms with Crippen LogP contribution in [0.15, 0.2) is 24.3 Å². The number of nitrogens with one attached hydrogen (secondary N) is 3. The second-order valence-electron chi connectivity index (χ2n) is 7.53. The number of hydrogen-bond donors (Lipinski definition) is 6. The van der Waals surface area contributed by atoms with E-state index in [1.807, 2.05) is 13.8 Å². The van der Waals surface area contributed by atoms with Crippen molar-refractivity contribution < 1.29 is 29.4 Å². The molecule has 1 aromatic rings. The first-order valence-corrected chi connectivity index (χ1v) is 9.63. The van der Waals surface area contributed by atoms with Gasteiger partial charge in [0, 0.05) is 6.42 Å². The summed E-state index contributed by atoms with van der Waals surface area (Å²) in [4.78, 5) is 47.8. The molecule has 0 aliphatic carbocycles. The zero-order chi connectivity index (χ0) is 22.8. The predicted molar refractivity (Wildman–Crippen MR) is 109 cm³/mol. The highest BCUT2D eigenvalue weighted by molar-refractivity contribution is 5.92. The molecule has 7 N–H and O–H groups in total. The van der Waals surface area contributed by atoms with Crippen LogP contribution in [0.25, 0.3) is 0 Å². The van der Waals surface area contributed by atoms with E-state index in [0.717, 1.165) is 0 Å². The van der Waals surface area contributed by atoms with Crippen LogP contribution in [0.2, 0.25) is 0 Å². The van der Waals surface area contributed by atoms with Gasteiger partial charge in [-0.25, -0.2) is 4.79 Å². The number of carbonyl (C=O) groups excluding carboxylic acids is 3. The van der Waals surface area contributed by atoms with E-state index in [4.69, 9.17) is 5.73 Å². The molecule has 10 heteroatoms. The zero-order valence-electron chi connectivity index (χ0n) is 17.3. The summed E-state index contributed by atoms with van der Waals surface area (Å²) in [5.41, 5.74) is 6.13. The van der Waals surface area contributed by atoms with E-state index >= 15 is 0 Å². The van der Waals surface area contributed by atoms with Crippen LogP contribution in [-0.4, -0.2) is 58.6 Å². The van der Waals surface area contributed by atoms with Gasteiger partial charge in [0.25, 0.3) is 0 Å². The largest absolute Gasteiger partial charge is 0.508 e. The Morgan fingerprint density at radius 2 is 1.57 bits per heavy atom. The summed E-state index contributed by atoms with van der Waals surface area (Å²) in [7, 11) is 0. The third-order valence-corrected chi connectivity index (χ3v) is 4.19. The summed E-state index contributed by atoms with van der Waals surface area (Å²) in [6.45, 7) is 4.81. The minimum Gasteiger partial charge on any atom is -0.508 e. The number of phenols is 1. The van der Waals surface area contributed by atoms with Crippen LogP contribution in [0.4, 0.5) is 0 Å². The Bertz CT molecular complexity index is 748. The molecule has 1 rings (SSSR count). The van der Waals surface area contributed by atoms with E-state index in [-0.39, 0.29) is 18.1 Å². The van der Waals surface area contributed by atoms with Crippen molar-refractivity contribution in [2.75, 3.05) is 6.54 Å². The number of carboxylic acid groups (broad SMARTS) is 1. The highest BCUT2D eigenvalue weighted by atomic mass is 16.4. The van der Waals surface area contributed by atoms with Gasteiger partial charge in [-0.05, 0) is 37.0 Å². The summed E-state index contributed by atoms with van der Waals surface area (Å²) in [6, 6.07) is 3.09. The smallest absolute Gasteiger partial charge is 0.326 e. The van der Waals surface area contributed by atoms with Gasteiger partial charge < -0.3 is 31.9 Å². The topological polar surface area (TPSA) is 171 Å². The summed E-state index contributed by atoms with van der Waals surface area (Å²) in [5, 5.41) is 25.9. The first-order chi connectivity index (χ1) is 14.0. The Kier molecular flexibility index (Phi) is 9.76. The molecule has 1 aromatic carbocycles. The number of hydrogen-bond acceptors (Lipinski definition) is 6. The van der Waals surface area contributed by atoms with E-state index in [2.05, 4.69) is 16.0 Å². The van der Waals surface area contributed by atoms with Crippen molar-refractivity contribution in [1.82, 2.24) is 16.0 Å². The Morgan fingerprint density at radius 3 is 2.07 bits per heavy atom. The standard InChI is InChI=1S/C20H30N4O6/c1-11(2)8-15(24-18(27)12(3)21)19(28)22-10-17(26)23-16(20(29)30)9-13-4-6-14(25)7-5-13/h4-7,11-12,15-16,25H,8-10,21H2,1-3H3,(H,22,28)(H,23,26)(H,24,27)(H,29,30). The molecule has 0 aliphatic rings. The van der Waals surface area contributed by atoms with Gasteiger partial charge in [0.15, 0.2) is 0 Å². The van der Waals surface area contributed by atoms with Crippen molar-refractivity contribution in [3.63, 3.8) is 0 Å². The summed E-state index contributed by atoms with van der Waals surface area (Å²) in [5.74, 6) is -2.81. The molecule has 0 fully saturated rings. The number of carbonyl (C=O) groups is 4. The molecule has 0 heterocycles. The van der Waals surface area contributed by atoms with Crippen LogP contribution in [0, 0.1) is 5.92 Å². The highest BCUT2D eigenvalue weighted by Gasteiger charge is 2.25. The molecule has 3 amide bonds. The molecule has 30 heavy (non-hydrogen) atoms. The van der Waals surface area contributed by atoms with E-state index in [1.54, 1.807) is 12.1 Å². The van der Waals surface area contributed by atoms with Crippen LogP contribution in [0.1, 0.15) is 32.8 Å². The second-order valence-corrected chi connectivity index (χ2v) is 7.53. The van der Waals surface area contributed by atoms with Crippen molar-refractivity contribution in [2.45, 2.75) is 51.7 Å². The lowest BCUT2D eigenvalue weighted by Gasteiger charge is -2.21. The number of amides is 3. The van der Waals surface area contributed by atoms with Crippen LogP contribution in [-0.2, 0) is 25.6 Å². The molecular weight excluding hydrogens is 392 g/mol. The number of phenolic OH excluding ortho intramolecular Hbond substituents is 1. The Balaban J connectivity index is 2.65. The molecule has 3 atom stereocenters. The third kappa shape index (κ3) is 8.91. The van der Waals surface area contributed by atoms with Crippen LogP contribution >= 0.6 is 0 Å². The van der Waals surface area contributed by atoms with Crippen molar-refractivity contribution in [3.05, 3.63) is 29.8 Å². The molecule has 3 unspecified atom stereocenters. The maximum Gasteiger partial charge on any atom is 0.326 e. The van der Waals surface area contributed by atoms with Crippen molar-refractivity contribution in [1.29, 1.82) is 0 Å². The van der Waals surface area contributed by atoms with Gasteiger partial charge in [-0.1, -0.05) is 26.0 Å². The monoisotopic (exact) mass is 422 g/mol. The van der Waals surface area contributed by atoms with E-state index < -0.39 is 48.4 Å². The molecule has 166 valence electrons. The molecule has 0 bridgehead atoms. The van der Waals surface area contributed by atoms with Gasteiger partial charge in [0.2, 0.25) is 17.7 Å². The predicted octanol–water partition coefficient (Wildman–Crippen LogP) is -0.502. The second kappa shape index (κ2) is 11.8. The average molecular weight is 422 g/mol. The lowest BCUT2D eigenvalue weighted by molar-refractivity contribution is -0.141. The fourth-order valence-corrected chi connectivity index (χ4v) is 2.61. The number of carboxylic acids is 1. The van der Waals surface area contributed by atoms with Gasteiger partial charge in [-0.15, -0.1) is 0 Å². The number of aromatic hydroxyl groups is 1. The number of rotatable bonds is 11. The normalized spacial score (nSPS) is 13.8. The molecule has 0 saturated heterocycles. The van der Waals surface area contributed by atoms with Crippen LogP contribution in [0.5, 0.6) is 5.75 Å². The van der Waals surface area contributed by atoms with E-state index in [9.17, 15) is 29.4 Å². The summed E-state index contributed by atoms with van der Waals surface area (Å²) >= 11 is 0. The van der Waals surface area contributed by atoms with Gasteiger partial charge in [0.05, 0.1) is 12.6 Å². The minimum atomic E-state index is -1.23. The Labute approximate surface area is 175 Å². The fourth-order valence-electron chi connectivity index (χ4n) is 2.61. The third-order valence-electron chi connectivity index (χ3n) is 4.19. The molecule has 0 aromatic heterocycles. The fraction of sp³-hybridized carbons (Fsp3) is 0.500. The molecule has 0 spiro atoms. The maximum atomic E-state index is 12.4. The van der Waals surface area contributed by atoms with E-state index in [0.29, 0.717) is 12.0 Å². The quantitative estimate of drug-likeness (QED) is 0.279. The molecule has 0 aliphatic heterocycles. The van der Waals surface area contributed by atoms with Gasteiger partial charge in [-0.2, -0.15) is 0 Å². The summed E-state index contributed by atoms with van der Waals surface area (Å²) < 4.78 is 0. The minimum absolute atomic E-state index is 0.00964. The molecule has 0 saturated carbocycles. The SMILES string of the molecule is CC(C)CC(NC(=O)C(C)N)C(=O)NCC(=O)NC(Cc1ccc(O)cc1)C(=O)O. The lowest BCUT2D eigenvalue weighted by atomic mass is 10.0. The summed E-state index contributed by atoms with van der Waals surface area (Å²) in [6.07, 6.45) is 0.361. The molecular formula is C20H30N4O6. The number of nitrogens with two attached hydrogens (primary N) is 1. The van der Waals surface area contributed by atoms with Crippen molar-refractivity contribution >= 4 is 23.7 Å². The first-order valence-electron chi connectivity index (χ1n) is 9.63. The zero-order valence-corrected chi connectivity index (χ0v) is 17.3. The Morgan fingerprint density at radius 1 is 0.967 bits per heavy atom. The van der Waals surface area contributed by atoms with E-state index in [1.165, 1.54) is 19.1 Å². The van der Waals surface area contributed by atoms with Gasteiger partial charge >= 0.3 is 5.97 Å². The van der Waals surface area contributed by atoms with Gasteiger partial charge in [-0.3, -0.25) is 14.4 Å². The number of benzene rings is 1. The first kappa shape index (κ1) is 24.9. The maximum absolute atomic E-state index is 12.4.